The maximum Gasteiger partial charge on any atom is 2.00 e. The molecule has 0 aliphatic heterocycles. The molecule has 3 heteroatoms. The number of hydrogen-bond donors (Lipinski definition) is 0. The third kappa shape index (κ3) is 22.0. The molecule has 5 heavy (non-hydrogen) atoms. The fourth-order valence-electron chi connectivity index (χ4n) is 0. The predicted octanol–water partition coefficient (Wildman–Crippen LogP) is 0.805. The standard InChI is InChI=1S/2CH4.3Mg.6H/h2*1H4;;;;;;;;;/q;;3*+2;6*-1. The van der Waals surface area contributed by atoms with Gasteiger partial charge in [0.15, 0.2) is 0 Å². The second kappa shape index (κ2) is 33.5. The molecule has 0 aromatic rings. The fraction of sp³-hybridized carbons (Fsp3) is 1.00. The molecule has 28 valence electrons. The van der Waals surface area contributed by atoms with Crippen LogP contribution in [-0.4, -0.2) is 69.2 Å². The van der Waals surface area contributed by atoms with E-state index in [0.29, 0.717) is 0 Å². The van der Waals surface area contributed by atoms with Gasteiger partial charge in [-0.15, -0.1) is 0 Å². The Hall–Kier alpha value is 2.30. The molecule has 0 N–H and O–H groups in total. The summed E-state index contributed by atoms with van der Waals surface area (Å²) in [5, 5.41) is 0. The molecule has 0 amide bonds. The van der Waals surface area contributed by atoms with E-state index in [1.807, 2.05) is 0 Å². The summed E-state index contributed by atoms with van der Waals surface area (Å²) in [6, 6.07) is 0. The number of hydrogen-bond acceptors (Lipinski definition) is 0. The molecular formula is C2H14Mg3. The third-order valence-electron chi connectivity index (χ3n) is 0. The average Bonchev–Trinajstić information content (AvgIpc) is 0. The van der Waals surface area contributed by atoms with E-state index in [1.165, 1.54) is 0 Å². The van der Waals surface area contributed by atoms with Gasteiger partial charge in [0, 0.05) is 0 Å². The zero-order valence-electron chi connectivity index (χ0n) is 8.12. The minimum absolute atomic E-state index is 0. The largest absolute Gasteiger partial charge is 2.00 e. The first-order valence-corrected chi connectivity index (χ1v) is 0. The Morgan fingerprint density at radius 3 is 0.600 bits per heavy atom. The monoisotopic (exact) mass is 110 g/mol. The van der Waals surface area contributed by atoms with Gasteiger partial charge in [-0.2, -0.15) is 0 Å². The van der Waals surface area contributed by atoms with Gasteiger partial charge in [0.1, 0.15) is 0 Å². The minimum Gasteiger partial charge on any atom is -1.00 e. The van der Waals surface area contributed by atoms with Crippen molar-refractivity contribution in [2.45, 2.75) is 14.9 Å². The maximum absolute atomic E-state index is 0. The van der Waals surface area contributed by atoms with Crippen molar-refractivity contribution in [3.05, 3.63) is 0 Å². The molecule has 0 aromatic heterocycles. The van der Waals surface area contributed by atoms with Gasteiger partial charge in [0.25, 0.3) is 0 Å². The van der Waals surface area contributed by atoms with Crippen LogP contribution in [0.1, 0.15) is 23.4 Å². The van der Waals surface area contributed by atoms with Crippen LogP contribution in [0, 0.1) is 0 Å². The zero-order valence-corrected chi connectivity index (χ0v) is 6.36. The molecular weight excluding hydrogens is 96.9 g/mol. The van der Waals surface area contributed by atoms with Crippen LogP contribution in [0.3, 0.4) is 0 Å². The third-order valence-corrected chi connectivity index (χ3v) is 0. The van der Waals surface area contributed by atoms with E-state index in [0.717, 1.165) is 0 Å². The Kier molecular flexibility index (Phi) is 367. The van der Waals surface area contributed by atoms with E-state index < -0.39 is 0 Å². The van der Waals surface area contributed by atoms with Crippen LogP contribution in [-0.2, 0) is 0 Å². The Labute approximate surface area is 91.8 Å². The Balaban J connectivity index is 0. The molecule has 0 radical (unpaired) electrons. The molecule has 0 aliphatic rings. The van der Waals surface area contributed by atoms with Crippen LogP contribution in [0.25, 0.3) is 0 Å². The quantitative estimate of drug-likeness (QED) is 0.405. The smallest absolute Gasteiger partial charge is 1.00 e. The molecule has 0 saturated heterocycles. The van der Waals surface area contributed by atoms with Crippen LogP contribution in [0.2, 0.25) is 0 Å². The SMILES string of the molecule is C.C.[H-].[H-].[H-].[H-].[H-].[H-].[Mg+2].[Mg+2].[Mg+2]. The van der Waals surface area contributed by atoms with Crippen LogP contribution in [0.15, 0.2) is 0 Å². The summed E-state index contributed by atoms with van der Waals surface area (Å²) >= 11 is 0. The Morgan fingerprint density at radius 2 is 0.600 bits per heavy atom. The summed E-state index contributed by atoms with van der Waals surface area (Å²) in [7, 11) is 0. The molecule has 0 rings (SSSR count). The van der Waals surface area contributed by atoms with Gasteiger partial charge >= 0.3 is 69.2 Å². The normalized spacial score (nSPS) is 0. The van der Waals surface area contributed by atoms with E-state index in [-0.39, 0.29) is 92.6 Å². The van der Waals surface area contributed by atoms with Crippen molar-refractivity contribution in [1.82, 2.24) is 0 Å². The van der Waals surface area contributed by atoms with Gasteiger partial charge < -0.3 is 8.56 Å². The molecule has 0 unspecified atom stereocenters. The van der Waals surface area contributed by atoms with E-state index in [1.54, 1.807) is 0 Å². The first kappa shape index (κ1) is 54.8. The van der Waals surface area contributed by atoms with Crippen molar-refractivity contribution in [3.63, 3.8) is 0 Å². The summed E-state index contributed by atoms with van der Waals surface area (Å²) in [6.45, 7) is 0. The van der Waals surface area contributed by atoms with Crippen molar-refractivity contribution in [1.29, 1.82) is 0 Å². The topological polar surface area (TPSA) is 0 Å². The minimum atomic E-state index is 0. The molecule has 0 aromatic carbocycles. The van der Waals surface area contributed by atoms with Gasteiger partial charge in [-0.3, -0.25) is 0 Å². The Morgan fingerprint density at radius 1 is 0.600 bits per heavy atom. The van der Waals surface area contributed by atoms with Gasteiger partial charge in [-0.25, -0.2) is 0 Å². The summed E-state index contributed by atoms with van der Waals surface area (Å²) in [6.07, 6.45) is 0. The molecule has 0 aliphatic carbocycles. The molecule has 0 bridgehead atoms. The van der Waals surface area contributed by atoms with Crippen LogP contribution in [0.5, 0.6) is 0 Å². The van der Waals surface area contributed by atoms with E-state index in [9.17, 15) is 0 Å². The second-order valence-corrected chi connectivity index (χ2v) is 0. The van der Waals surface area contributed by atoms with Gasteiger partial charge in [-0.05, 0) is 0 Å². The summed E-state index contributed by atoms with van der Waals surface area (Å²) in [4.78, 5) is 0. The summed E-state index contributed by atoms with van der Waals surface area (Å²) in [5.74, 6) is 0. The molecule has 0 fully saturated rings. The van der Waals surface area contributed by atoms with Crippen LogP contribution >= 0.6 is 0 Å². The molecule has 0 spiro atoms. The summed E-state index contributed by atoms with van der Waals surface area (Å²) < 4.78 is 0. The molecule has 0 nitrogen and oxygen atoms in total. The van der Waals surface area contributed by atoms with Crippen molar-refractivity contribution in [3.8, 4) is 0 Å². The van der Waals surface area contributed by atoms with E-state index in [2.05, 4.69) is 0 Å². The van der Waals surface area contributed by atoms with Crippen molar-refractivity contribution in [2.75, 3.05) is 0 Å². The maximum atomic E-state index is 0. The van der Waals surface area contributed by atoms with Crippen molar-refractivity contribution < 1.29 is 8.56 Å². The van der Waals surface area contributed by atoms with Gasteiger partial charge in [-0.1, -0.05) is 14.9 Å². The average molecular weight is 111 g/mol. The Bertz CT molecular complexity index is 15.8. The number of rotatable bonds is 0. The molecule has 0 saturated carbocycles. The molecule has 0 atom stereocenters. The zero-order chi connectivity index (χ0) is 0. The van der Waals surface area contributed by atoms with Crippen LogP contribution < -0.4 is 0 Å². The fourth-order valence-corrected chi connectivity index (χ4v) is 0. The second-order valence-electron chi connectivity index (χ2n) is 0. The van der Waals surface area contributed by atoms with E-state index >= 15 is 0 Å². The first-order valence-electron chi connectivity index (χ1n) is 0. The van der Waals surface area contributed by atoms with Crippen molar-refractivity contribution in [2.24, 2.45) is 0 Å². The van der Waals surface area contributed by atoms with Crippen LogP contribution in [0.4, 0.5) is 0 Å². The van der Waals surface area contributed by atoms with E-state index in [4.69, 9.17) is 0 Å². The van der Waals surface area contributed by atoms with Gasteiger partial charge in [0.05, 0.1) is 0 Å². The molecule has 0 heterocycles. The predicted molar refractivity (Wildman–Crippen MR) is 37.4 cm³/mol. The van der Waals surface area contributed by atoms with Crippen molar-refractivity contribution >= 4 is 69.2 Å². The summed E-state index contributed by atoms with van der Waals surface area (Å²) in [5.41, 5.74) is 0. The van der Waals surface area contributed by atoms with Gasteiger partial charge in [0.2, 0.25) is 0 Å². The first-order chi connectivity index (χ1) is 0.